The highest BCUT2D eigenvalue weighted by Gasteiger charge is 2.35. The molecule has 4 heteroatoms. The molecule has 0 saturated carbocycles. The van der Waals surface area contributed by atoms with Crippen LogP contribution in [0.15, 0.2) is 24.3 Å². The Morgan fingerprint density at radius 1 is 0.558 bits per heavy atom. The van der Waals surface area contributed by atoms with Crippen LogP contribution in [0.3, 0.4) is 0 Å². The molecule has 3 nitrogen and oxygen atoms in total. The summed E-state index contributed by atoms with van der Waals surface area (Å²) in [7, 11) is -1.62. The molecule has 242 valence electrons. The maximum Gasteiger partial charge on any atom is 0.463 e. The van der Waals surface area contributed by atoms with E-state index >= 15 is 0 Å². The van der Waals surface area contributed by atoms with Gasteiger partial charge in [-0.05, 0) is 50.3 Å². The fourth-order valence-corrected chi connectivity index (χ4v) is 6.79. The quantitative estimate of drug-likeness (QED) is 0.198. The predicted molar refractivity (Wildman–Crippen MR) is 187 cm³/mol. The van der Waals surface area contributed by atoms with Crippen LogP contribution in [0.25, 0.3) is 0 Å². The Morgan fingerprint density at radius 3 is 1.33 bits per heavy atom. The van der Waals surface area contributed by atoms with E-state index in [0.717, 1.165) is 24.3 Å². The van der Waals surface area contributed by atoms with Crippen LogP contribution < -0.4 is 9.05 Å². The SMILES string of the molecule is CCCCCCCCCCOP1Oc2c(cc(C(C)(C)C)cc2C(C)(C)C)Cc2cc(C(C)(C)C)cc(C(C)(C)C)c2O1. The van der Waals surface area contributed by atoms with Gasteiger partial charge in [-0.2, -0.15) is 0 Å². The molecular weight excluding hydrogens is 547 g/mol. The van der Waals surface area contributed by atoms with Gasteiger partial charge >= 0.3 is 8.60 Å². The lowest BCUT2D eigenvalue weighted by molar-refractivity contribution is 0.253. The molecular formula is C39H63O3P. The molecule has 2 aromatic rings. The van der Waals surface area contributed by atoms with E-state index in [-0.39, 0.29) is 21.7 Å². The molecule has 0 saturated heterocycles. The average molecular weight is 611 g/mol. The van der Waals surface area contributed by atoms with Crippen LogP contribution in [-0.4, -0.2) is 6.61 Å². The van der Waals surface area contributed by atoms with Gasteiger partial charge in [0.25, 0.3) is 0 Å². The van der Waals surface area contributed by atoms with E-state index < -0.39 is 8.60 Å². The first-order valence-electron chi connectivity index (χ1n) is 17.0. The molecule has 3 rings (SSSR count). The molecule has 0 aliphatic carbocycles. The van der Waals surface area contributed by atoms with Gasteiger partial charge in [-0.25, -0.2) is 0 Å². The van der Waals surface area contributed by atoms with E-state index in [1.54, 1.807) is 0 Å². The molecule has 0 aromatic heterocycles. The second kappa shape index (κ2) is 14.2. The van der Waals surface area contributed by atoms with Gasteiger partial charge in [-0.15, -0.1) is 0 Å². The highest BCUT2D eigenvalue weighted by Crippen LogP contribution is 2.53. The summed E-state index contributed by atoms with van der Waals surface area (Å²) >= 11 is 0. The van der Waals surface area contributed by atoms with Crippen molar-refractivity contribution in [2.24, 2.45) is 0 Å². The zero-order chi connectivity index (χ0) is 32.2. The highest BCUT2D eigenvalue weighted by molar-refractivity contribution is 7.42. The number of rotatable bonds is 10. The molecule has 0 unspecified atom stereocenters. The largest absolute Gasteiger partial charge is 0.463 e. The first-order valence-corrected chi connectivity index (χ1v) is 18.1. The van der Waals surface area contributed by atoms with Crippen LogP contribution in [0.5, 0.6) is 11.5 Å². The molecule has 0 bridgehead atoms. The zero-order valence-corrected chi connectivity index (χ0v) is 30.9. The smallest absolute Gasteiger partial charge is 0.417 e. The van der Waals surface area contributed by atoms with E-state index in [0.29, 0.717) is 6.61 Å². The lowest BCUT2D eigenvalue weighted by Gasteiger charge is -2.34. The van der Waals surface area contributed by atoms with Crippen molar-refractivity contribution in [1.82, 2.24) is 0 Å². The van der Waals surface area contributed by atoms with E-state index in [9.17, 15) is 0 Å². The maximum absolute atomic E-state index is 6.88. The molecule has 0 spiro atoms. The van der Waals surface area contributed by atoms with Crippen LogP contribution >= 0.6 is 8.60 Å². The minimum atomic E-state index is -1.62. The first kappa shape index (κ1) is 35.9. The summed E-state index contributed by atoms with van der Waals surface area (Å²) in [6, 6.07) is 9.48. The summed E-state index contributed by atoms with van der Waals surface area (Å²) in [5.74, 6) is 1.90. The van der Waals surface area contributed by atoms with Crippen molar-refractivity contribution in [3.63, 3.8) is 0 Å². The van der Waals surface area contributed by atoms with Crippen LogP contribution in [0.4, 0.5) is 0 Å². The third-order valence-corrected chi connectivity index (χ3v) is 9.64. The molecule has 43 heavy (non-hydrogen) atoms. The normalized spacial score (nSPS) is 14.8. The summed E-state index contributed by atoms with van der Waals surface area (Å²) in [5, 5.41) is 0. The van der Waals surface area contributed by atoms with Gasteiger partial charge < -0.3 is 9.05 Å². The molecule has 1 aliphatic heterocycles. The van der Waals surface area contributed by atoms with E-state index in [1.165, 1.54) is 78.3 Å². The molecule has 0 radical (unpaired) electrons. The summed E-state index contributed by atoms with van der Waals surface area (Å²) in [6.45, 7) is 30.4. The number of hydrogen-bond donors (Lipinski definition) is 0. The van der Waals surface area contributed by atoms with Gasteiger partial charge in [-0.3, -0.25) is 4.52 Å². The Balaban J connectivity index is 2.07. The fourth-order valence-electron chi connectivity index (χ4n) is 5.64. The van der Waals surface area contributed by atoms with Crippen LogP contribution in [0, 0.1) is 0 Å². The number of benzene rings is 2. The minimum absolute atomic E-state index is 0.0261. The molecule has 1 aliphatic rings. The van der Waals surface area contributed by atoms with Crippen molar-refractivity contribution in [3.05, 3.63) is 57.6 Å². The highest BCUT2D eigenvalue weighted by atomic mass is 31.2. The van der Waals surface area contributed by atoms with Crippen molar-refractivity contribution in [1.29, 1.82) is 0 Å². The lowest BCUT2D eigenvalue weighted by atomic mass is 9.76. The summed E-state index contributed by atoms with van der Waals surface area (Å²) < 4.78 is 20.3. The Morgan fingerprint density at radius 2 is 0.953 bits per heavy atom. The topological polar surface area (TPSA) is 27.7 Å². The van der Waals surface area contributed by atoms with Crippen molar-refractivity contribution in [3.8, 4) is 11.5 Å². The van der Waals surface area contributed by atoms with Crippen LogP contribution in [-0.2, 0) is 32.6 Å². The molecule has 0 atom stereocenters. The third kappa shape index (κ3) is 9.96. The second-order valence-electron chi connectivity index (χ2n) is 16.9. The van der Waals surface area contributed by atoms with E-state index in [2.05, 4.69) is 114 Å². The minimum Gasteiger partial charge on any atom is -0.417 e. The number of fused-ring (bicyclic) bond motifs is 2. The van der Waals surface area contributed by atoms with Gasteiger partial charge in [-0.1, -0.05) is 159 Å². The second-order valence-corrected chi connectivity index (χ2v) is 18.0. The summed E-state index contributed by atoms with van der Waals surface area (Å²) in [6.07, 6.45) is 10.9. The molecule has 1 heterocycles. The first-order chi connectivity index (χ1) is 19.8. The standard InChI is InChI=1S/C39H63O3P/c1-14-15-16-17-18-19-20-21-22-40-43-41-34-28(24-30(36(2,3)4)26-32(34)38(8,9)10)23-29-25-31(37(5,6)7)27-33(35(29)42-43)39(11,12)13/h24-27H,14-23H2,1-13H3. The predicted octanol–water partition coefficient (Wildman–Crippen LogP) is 12.6. The number of hydrogen-bond acceptors (Lipinski definition) is 3. The van der Waals surface area contributed by atoms with Crippen molar-refractivity contribution in [2.75, 3.05) is 6.61 Å². The van der Waals surface area contributed by atoms with Gasteiger partial charge in [0.2, 0.25) is 0 Å². The Kier molecular flexibility index (Phi) is 11.9. The average Bonchev–Trinajstić information content (AvgIpc) is 2.85. The summed E-state index contributed by atoms with van der Waals surface area (Å²) in [4.78, 5) is 0. The maximum atomic E-state index is 6.88. The molecule has 0 fully saturated rings. The fraction of sp³-hybridized carbons (Fsp3) is 0.692. The van der Waals surface area contributed by atoms with Gasteiger partial charge in [0.1, 0.15) is 11.5 Å². The van der Waals surface area contributed by atoms with Gasteiger partial charge in [0.15, 0.2) is 0 Å². The molecule has 2 aromatic carbocycles. The van der Waals surface area contributed by atoms with Crippen molar-refractivity contribution < 1.29 is 13.6 Å². The van der Waals surface area contributed by atoms with Crippen LogP contribution in [0.1, 0.15) is 175 Å². The molecule has 0 amide bonds. The monoisotopic (exact) mass is 610 g/mol. The molecule has 0 N–H and O–H groups in total. The van der Waals surface area contributed by atoms with Gasteiger partial charge in [0, 0.05) is 17.5 Å². The Hall–Kier alpha value is -1.57. The summed E-state index contributed by atoms with van der Waals surface area (Å²) in [5.41, 5.74) is 7.49. The Bertz CT molecular complexity index is 1120. The lowest BCUT2D eigenvalue weighted by Crippen LogP contribution is -2.22. The van der Waals surface area contributed by atoms with Crippen molar-refractivity contribution in [2.45, 2.75) is 169 Å². The Labute approximate surface area is 266 Å². The van der Waals surface area contributed by atoms with E-state index in [4.69, 9.17) is 13.6 Å². The zero-order valence-electron chi connectivity index (χ0n) is 30.1. The van der Waals surface area contributed by atoms with Crippen LogP contribution in [0.2, 0.25) is 0 Å². The van der Waals surface area contributed by atoms with E-state index in [1.807, 2.05) is 0 Å². The van der Waals surface area contributed by atoms with Gasteiger partial charge in [0.05, 0.1) is 6.61 Å². The number of unbranched alkanes of at least 4 members (excludes halogenated alkanes) is 7. The van der Waals surface area contributed by atoms with Crippen molar-refractivity contribution >= 4 is 8.60 Å². The third-order valence-electron chi connectivity index (χ3n) is 8.59.